The third kappa shape index (κ3) is 2.96. The van der Waals surface area contributed by atoms with E-state index in [0.717, 1.165) is 28.6 Å². The summed E-state index contributed by atoms with van der Waals surface area (Å²) in [5, 5.41) is 5.69. The highest BCUT2D eigenvalue weighted by Crippen LogP contribution is 2.21. The largest absolute Gasteiger partial charge is 0.335 e. The molecular weight excluding hydrogens is 256 g/mol. The van der Waals surface area contributed by atoms with E-state index in [1.165, 1.54) is 0 Å². The van der Waals surface area contributed by atoms with Gasteiger partial charge >= 0.3 is 6.03 Å². The summed E-state index contributed by atoms with van der Waals surface area (Å²) in [5.74, 6) is 0. The third-order valence-corrected chi connectivity index (χ3v) is 3.22. The monoisotopic (exact) mass is 268 g/mol. The van der Waals surface area contributed by atoms with Gasteiger partial charge < -0.3 is 10.6 Å². The van der Waals surface area contributed by atoms with Crippen LogP contribution in [-0.2, 0) is 0 Å². The number of anilines is 1. The number of carbonyl (C=O) groups is 1. The molecule has 3 nitrogen and oxygen atoms in total. The molecule has 1 aromatic carbocycles. The highest BCUT2D eigenvalue weighted by atomic mass is 79.9. The van der Waals surface area contributed by atoms with Gasteiger partial charge in [0.15, 0.2) is 0 Å². The maximum Gasteiger partial charge on any atom is 0.319 e. The van der Waals surface area contributed by atoms with Crippen LogP contribution in [0, 0.1) is 6.92 Å². The first-order chi connectivity index (χ1) is 7.15. The average molecular weight is 269 g/mol. The molecule has 1 aromatic rings. The van der Waals surface area contributed by atoms with Gasteiger partial charge in [0.05, 0.1) is 0 Å². The maximum atomic E-state index is 11.4. The predicted molar refractivity (Wildman–Crippen MR) is 64.1 cm³/mol. The van der Waals surface area contributed by atoms with E-state index in [9.17, 15) is 4.79 Å². The SMILES string of the molecule is Cc1cc(NC(=O)NC2CC2)ccc1Br. The minimum absolute atomic E-state index is 0.112. The van der Waals surface area contributed by atoms with Crippen LogP contribution in [0.4, 0.5) is 10.5 Å². The molecule has 4 heteroatoms. The van der Waals surface area contributed by atoms with E-state index in [-0.39, 0.29) is 6.03 Å². The highest BCUT2D eigenvalue weighted by Gasteiger charge is 2.23. The van der Waals surface area contributed by atoms with Crippen molar-refractivity contribution in [3.63, 3.8) is 0 Å². The predicted octanol–water partition coefficient (Wildman–Crippen LogP) is 3.04. The number of aryl methyl sites for hydroxylation is 1. The number of benzene rings is 1. The minimum atomic E-state index is -0.112. The van der Waals surface area contributed by atoms with Crippen molar-refractivity contribution in [3.05, 3.63) is 28.2 Å². The topological polar surface area (TPSA) is 41.1 Å². The first-order valence-electron chi connectivity index (χ1n) is 4.99. The Balaban J connectivity index is 1.97. The zero-order valence-corrected chi connectivity index (χ0v) is 10.1. The van der Waals surface area contributed by atoms with Gasteiger partial charge in [-0.05, 0) is 43.5 Å². The Hall–Kier alpha value is -1.03. The van der Waals surface area contributed by atoms with Crippen LogP contribution >= 0.6 is 15.9 Å². The van der Waals surface area contributed by atoms with E-state index < -0.39 is 0 Å². The van der Waals surface area contributed by atoms with Gasteiger partial charge in [-0.15, -0.1) is 0 Å². The van der Waals surface area contributed by atoms with Gasteiger partial charge in [0.25, 0.3) is 0 Å². The molecule has 2 N–H and O–H groups in total. The van der Waals surface area contributed by atoms with E-state index in [2.05, 4.69) is 26.6 Å². The Kier molecular flexibility index (Phi) is 2.95. The van der Waals surface area contributed by atoms with Gasteiger partial charge in [0, 0.05) is 16.2 Å². The van der Waals surface area contributed by atoms with Gasteiger partial charge in [-0.1, -0.05) is 15.9 Å². The van der Waals surface area contributed by atoms with Crippen LogP contribution in [0.15, 0.2) is 22.7 Å². The van der Waals surface area contributed by atoms with E-state index in [4.69, 9.17) is 0 Å². The number of carbonyl (C=O) groups excluding carboxylic acids is 1. The number of amides is 2. The van der Waals surface area contributed by atoms with E-state index in [0.29, 0.717) is 6.04 Å². The normalized spacial score (nSPS) is 14.8. The van der Waals surface area contributed by atoms with Crippen molar-refractivity contribution in [1.82, 2.24) is 5.32 Å². The van der Waals surface area contributed by atoms with E-state index in [1.807, 2.05) is 25.1 Å². The minimum Gasteiger partial charge on any atom is -0.335 e. The highest BCUT2D eigenvalue weighted by molar-refractivity contribution is 9.10. The summed E-state index contributed by atoms with van der Waals surface area (Å²) in [4.78, 5) is 11.4. The summed E-state index contributed by atoms with van der Waals surface area (Å²) in [6.45, 7) is 1.99. The molecule has 0 aliphatic heterocycles. The molecule has 2 amide bonds. The van der Waals surface area contributed by atoms with Gasteiger partial charge in [-0.25, -0.2) is 4.79 Å². The summed E-state index contributed by atoms with van der Waals surface area (Å²) in [5.41, 5.74) is 1.94. The molecule has 0 aromatic heterocycles. The molecule has 2 rings (SSSR count). The van der Waals surface area contributed by atoms with Gasteiger partial charge in [0.1, 0.15) is 0 Å². The standard InChI is InChI=1S/C11H13BrN2O/c1-7-6-9(4-5-10(7)12)14-11(15)13-8-2-3-8/h4-6,8H,2-3H2,1H3,(H2,13,14,15). The molecule has 0 atom stereocenters. The first-order valence-corrected chi connectivity index (χ1v) is 5.78. The fraction of sp³-hybridized carbons (Fsp3) is 0.364. The third-order valence-electron chi connectivity index (χ3n) is 2.33. The average Bonchev–Trinajstić information content (AvgIpc) is 2.95. The van der Waals surface area contributed by atoms with Crippen molar-refractivity contribution in [1.29, 1.82) is 0 Å². The molecule has 1 fully saturated rings. The molecule has 15 heavy (non-hydrogen) atoms. The molecule has 0 bridgehead atoms. The quantitative estimate of drug-likeness (QED) is 0.851. The molecule has 80 valence electrons. The zero-order valence-electron chi connectivity index (χ0n) is 8.51. The van der Waals surface area contributed by atoms with Crippen molar-refractivity contribution in [2.45, 2.75) is 25.8 Å². The second kappa shape index (κ2) is 4.23. The lowest BCUT2D eigenvalue weighted by Gasteiger charge is -2.07. The number of rotatable bonds is 2. The first kappa shape index (κ1) is 10.5. The van der Waals surface area contributed by atoms with Gasteiger partial charge in [-0.3, -0.25) is 0 Å². The molecule has 0 unspecified atom stereocenters. The molecule has 1 aliphatic rings. The van der Waals surface area contributed by atoms with Crippen molar-refractivity contribution in [2.24, 2.45) is 0 Å². The second-order valence-electron chi connectivity index (χ2n) is 3.84. The molecule has 1 saturated carbocycles. The molecule has 1 aliphatic carbocycles. The summed E-state index contributed by atoms with van der Waals surface area (Å²) < 4.78 is 1.05. The van der Waals surface area contributed by atoms with Gasteiger partial charge in [0.2, 0.25) is 0 Å². The zero-order chi connectivity index (χ0) is 10.8. The fourth-order valence-corrected chi connectivity index (χ4v) is 1.55. The van der Waals surface area contributed by atoms with Crippen LogP contribution in [0.1, 0.15) is 18.4 Å². The fourth-order valence-electron chi connectivity index (χ4n) is 1.30. The number of nitrogens with one attached hydrogen (secondary N) is 2. The molecule has 0 heterocycles. The van der Waals surface area contributed by atoms with Crippen LogP contribution in [0.25, 0.3) is 0 Å². The molecular formula is C11H13BrN2O. The Morgan fingerprint density at radius 2 is 2.20 bits per heavy atom. The van der Waals surface area contributed by atoms with Gasteiger partial charge in [-0.2, -0.15) is 0 Å². The lowest BCUT2D eigenvalue weighted by atomic mass is 10.2. The van der Waals surface area contributed by atoms with E-state index >= 15 is 0 Å². The molecule has 0 saturated heterocycles. The summed E-state index contributed by atoms with van der Waals surface area (Å²) in [7, 11) is 0. The second-order valence-corrected chi connectivity index (χ2v) is 4.69. The van der Waals surface area contributed by atoms with Crippen LogP contribution in [-0.4, -0.2) is 12.1 Å². The Morgan fingerprint density at radius 3 is 2.80 bits per heavy atom. The maximum absolute atomic E-state index is 11.4. The van der Waals surface area contributed by atoms with Crippen LogP contribution in [0.3, 0.4) is 0 Å². The smallest absolute Gasteiger partial charge is 0.319 e. The number of urea groups is 1. The summed E-state index contributed by atoms with van der Waals surface area (Å²) >= 11 is 3.42. The Bertz CT molecular complexity index is 388. The Labute approximate surface area is 97.4 Å². The van der Waals surface area contributed by atoms with Crippen molar-refractivity contribution in [3.8, 4) is 0 Å². The summed E-state index contributed by atoms with van der Waals surface area (Å²) in [6, 6.07) is 6.03. The van der Waals surface area contributed by atoms with E-state index in [1.54, 1.807) is 0 Å². The van der Waals surface area contributed by atoms with Crippen LogP contribution < -0.4 is 10.6 Å². The van der Waals surface area contributed by atoms with Crippen LogP contribution in [0.5, 0.6) is 0 Å². The summed E-state index contributed by atoms with van der Waals surface area (Å²) in [6.07, 6.45) is 2.21. The molecule has 0 spiro atoms. The number of hydrogen-bond donors (Lipinski definition) is 2. The molecule has 0 radical (unpaired) electrons. The lowest BCUT2D eigenvalue weighted by Crippen LogP contribution is -2.30. The Morgan fingerprint density at radius 1 is 1.47 bits per heavy atom. The number of hydrogen-bond acceptors (Lipinski definition) is 1. The van der Waals surface area contributed by atoms with Crippen molar-refractivity contribution < 1.29 is 4.79 Å². The van der Waals surface area contributed by atoms with Crippen molar-refractivity contribution in [2.75, 3.05) is 5.32 Å². The lowest BCUT2D eigenvalue weighted by molar-refractivity contribution is 0.251. The van der Waals surface area contributed by atoms with Crippen LogP contribution in [0.2, 0.25) is 0 Å². The number of halogens is 1. The van der Waals surface area contributed by atoms with Crippen molar-refractivity contribution >= 4 is 27.6 Å².